The Bertz CT molecular complexity index is 691. The molecular weight excluding hydrogens is 380 g/mol. The molecule has 0 bridgehead atoms. The van der Waals surface area contributed by atoms with E-state index in [2.05, 4.69) is 20.8 Å². The average Bonchev–Trinajstić information content (AvgIpc) is 3.06. The third-order valence-corrected chi connectivity index (χ3v) is 10.3. The summed E-state index contributed by atoms with van der Waals surface area (Å²) in [5, 5.41) is 21.5. The zero-order valence-electron chi connectivity index (χ0n) is 19.1. The number of Topliss-reactive ketones (excluding diaryl/α,β-unsaturated/α-hetero) is 1. The molecule has 5 heteroatoms. The van der Waals surface area contributed by atoms with Gasteiger partial charge in [0.15, 0.2) is 0 Å². The smallest absolute Gasteiger partial charge is 0.305 e. The van der Waals surface area contributed by atoms with Crippen LogP contribution in [0, 0.1) is 46.3 Å². The zero-order chi connectivity index (χ0) is 21.8. The Morgan fingerprint density at radius 3 is 2.60 bits per heavy atom. The van der Waals surface area contributed by atoms with Gasteiger partial charge in [-0.3, -0.25) is 9.59 Å². The first-order valence-corrected chi connectivity index (χ1v) is 12.1. The number of carbonyl (C=O) groups is 2. The van der Waals surface area contributed by atoms with Crippen molar-refractivity contribution in [2.75, 3.05) is 7.11 Å². The molecule has 4 rings (SSSR count). The van der Waals surface area contributed by atoms with E-state index in [1.807, 2.05) is 0 Å². The number of hydrogen-bond donors (Lipinski definition) is 2. The highest BCUT2D eigenvalue weighted by molar-refractivity contribution is 5.87. The summed E-state index contributed by atoms with van der Waals surface area (Å²) in [4.78, 5) is 25.4. The van der Waals surface area contributed by atoms with Gasteiger partial charge in [0.05, 0.1) is 19.3 Å². The standard InChI is InChI=1S/C25H40O5/c1-14(5-8-22(29)30-4)17-6-7-18-23-19(13-21(28)25(17,18)3)24(2)10-9-16(26)11-15(24)12-20(23)27/h14-20,23,26-27H,5-13H2,1-4H3/t14?,15-,16-,17?,18?,19?,20?,23?,24?,25?/m1/s1. The van der Waals surface area contributed by atoms with Gasteiger partial charge in [-0.05, 0) is 85.9 Å². The minimum absolute atomic E-state index is 0.0503. The van der Waals surface area contributed by atoms with E-state index in [0.29, 0.717) is 24.5 Å². The number of ketones is 1. The van der Waals surface area contributed by atoms with Gasteiger partial charge < -0.3 is 14.9 Å². The molecule has 30 heavy (non-hydrogen) atoms. The molecular formula is C25H40O5. The van der Waals surface area contributed by atoms with Gasteiger partial charge in [0.25, 0.3) is 0 Å². The van der Waals surface area contributed by atoms with Crippen LogP contribution in [0.3, 0.4) is 0 Å². The van der Waals surface area contributed by atoms with Gasteiger partial charge in [-0.25, -0.2) is 0 Å². The number of aliphatic hydroxyl groups is 2. The first-order valence-electron chi connectivity index (χ1n) is 12.1. The van der Waals surface area contributed by atoms with E-state index >= 15 is 0 Å². The number of methoxy groups -OCH3 is 1. The molecule has 2 N–H and O–H groups in total. The van der Waals surface area contributed by atoms with Crippen LogP contribution in [0.1, 0.15) is 78.6 Å². The van der Waals surface area contributed by atoms with Crippen molar-refractivity contribution in [2.45, 2.75) is 90.8 Å². The molecule has 170 valence electrons. The molecule has 4 saturated carbocycles. The van der Waals surface area contributed by atoms with Gasteiger partial charge in [0, 0.05) is 18.3 Å². The lowest BCUT2D eigenvalue weighted by atomic mass is 9.43. The Morgan fingerprint density at radius 1 is 1.17 bits per heavy atom. The lowest BCUT2D eigenvalue weighted by Crippen LogP contribution is -2.61. The Morgan fingerprint density at radius 2 is 1.90 bits per heavy atom. The molecule has 0 radical (unpaired) electrons. The summed E-state index contributed by atoms with van der Waals surface area (Å²) < 4.78 is 4.81. The predicted octanol–water partition coefficient (Wildman–Crippen LogP) is 3.75. The van der Waals surface area contributed by atoms with Crippen LogP contribution in [0.25, 0.3) is 0 Å². The number of fused-ring (bicyclic) bond motifs is 5. The summed E-state index contributed by atoms with van der Waals surface area (Å²) in [5.74, 6) is 1.70. The Labute approximate surface area is 180 Å². The molecule has 4 fully saturated rings. The molecule has 4 aliphatic carbocycles. The maximum absolute atomic E-state index is 13.7. The average molecular weight is 421 g/mol. The van der Waals surface area contributed by atoms with Crippen molar-refractivity contribution >= 4 is 11.8 Å². The van der Waals surface area contributed by atoms with Crippen molar-refractivity contribution < 1.29 is 24.5 Å². The molecule has 8 unspecified atom stereocenters. The van der Waals surface area contributed by atoms with Crippen molar-refractivity contribution in [3.8, 4) is 0 Å². The van der Waals surface area contributed by atoms with Crippen LogP contribution in [0.5, 0.6) is 0 Å². The lowest BCUT2D eigenvalue weighted by Gasteiger charge is -2.61. The number of hydrogen-bond acceptors (Lipinski definition) is 5. The van der Waals surface area contributed by atoms with Crippen LogP contribution in [-0.4, -0.2) is 41.3 Å². The maximum atomic E-state index is 13.7. The van der Waals surface area contributed by atoms with Gasteiger partial charge in [-0.15, -0.1) is 0 Å². The first-order chi connectivity index (χ1) is 14.1. The number of carbonyl (C=O) groups excluding carboxylic acids is 2. The highest BCUT2D eigenvalue weighted by Crippen LogP contribution is 2.67. The fourth-order valence-corrected chi connectivity index (χ4v) is 8.51. The Balaban J connectivity index is 1.59. The molecule has 0 aromatic rings. The second-order valence-electron chi connectivity index (χ2n) is 11.4. The number of rotatable bonds is 4. The number of ether oxygens (including phenoxy) is 1. The lowest BCUT2D eigenvalue weighted by molar-refractivity contribution is -0.181. The fourth-order valence-electron chi connectivity index (χ4n) is 8.51. The summed E-state index contributed by atoms with van der Waals surface area (Å²) in [6.07, 6.45) is 6.39. The van der Waals surface area contributed by atoms with Gasteiger partial charge in [-0.1, -0.05) is 20.8 Å². The molecule has 5 nitrogen and oxygen atoms in total. The molecule has 0 heterocycles. The summed E-state index contributed by atoms with van der Waals surface area (Å²) >= 11 is 0. The van der Waals surface area contributed by atoms with Gasteiger partial charge in [-0.2, -0.15) is 0 Å². The molecule has 10 atom stereocenters. The van der Waals surface area contributed by atoms with Crippen LogP contribution in [0.4, 0.5) is 0 Å². The van der Waals surface area contributed by atoms with Crippen LogP contribution in [0.2, 0.25) is 0 Å². The minimum Gasteiger partial charge on any atom is -0.469 e. The van der Waals surface area contributed by atoms with Crippen molar-refractivity contribution in [3.05, 3.63) is 0 Å². The van der Waals surface area contributed by atoms with Crippen LogP contribution in [-0.2, 0) is 14.3 Å². The molecule has 0 spiro atoms. The van der Waals surface area contributed by atoms with Crippen LogP contribution >= 0.6 is 0 Å². The van der Waals surface area contributed by atoms with E-state index in [9.17, 15) is 19.8 Å². The van der Waals surface area contributed by atoms with Crippen molar-refractivity contribution in [1.82, 2.24) is 0 Å². The number of aliphatic hydroxyl groups excluding tert-OH is 2. The van der Waals surface area contributed by atoms with Gasteiger partial charge in [0.2, 0.25) is 0 Å². The fraction of sp³-hybridized carbons (Fsp3) is 0.920. The van der Waals surface area contributed by atoms with E-state index in [4.69, 9.17) is 4.74 Å². The highest BCUT2D eigenvalue weighted by atomic mass is 16.5. The predicted molar refractivity (Wildman–Crippen MR) is 113 cm³/mol. The van der Waals surface area contributed by atoms with E-state index in [0.717, 1.165) is 44.9 Å². The molecule has 0 amide bonds. The van der Waals surface area contributed by atoms with E-state index < -0.39 is 5.41 Å². The Kier molecular flexibility index (Phi) is 5.85. The van der Waals surface area contributed by atoms with Gasteiger partial charge >= 0.3 is 5.97 Å². The van der Waals surface area contributed by atoms with E-state index in [-0.39, 0.29) is 53.2 Å². The third kappa shape index (κ3) is 3.26. The topological polar surface area (TPSA) is 83.8 Å². The Hall–Kier alpha value is -0.940. The highest BCUT2D eigenvalue weighted by Gasteiger charge is 2.65. The maximum Gasteiger partial charge on any atom is 0.305 e. The van der Waals surface area contributed by atoms with Crippen LogP contribution in [0.15, 0.2) is 0 Å². The SMILES string of the molecule is COC(=O)CCC(C)C1CCC2C3C(O)C[C@H]4C[C@H](O)CCC4(C)C3CC(=O)C12C. The van der Waals surface area contributed by atoms with Crippen molar-refractivity contribution in [1.29, 1.82) is 0 Å². The second-order valence-corrected chi connectivity index (χ2v) is 11.4. The number of esters is 1. The largest absolute Gasteiger partial charge is 0.469 e. The first kappa shape index (κ1) is 22.3. The quantitative estimate of drug-likeness (QED) is 0.677. The molecule has 4 aliphatic rings. The molecule has 0 aliphatic heterocycles. The molecule has 0 aromatic heterocycles. The van der Waals surface area contributed by atoms with Crippen molar-refractivity contribution in [2.24, 2.45) is 46.3 Å². The summed E-state index contributed by atoms with van der Waals surface area (Å²) in [5.41, 5.74) is -0.343. The monoisotopic (exact) mass is 420 g/mol. The van der Waals surface area contributed by atoms with Crippen LogP contribution < -0.4 is 0 Å². The summed E-state index contributed by atoms with van der Waals surface area (Å²) in [6, 6.07) is 0. The molecule has 0 saturated heterocycles. The normalized spacial score (nSPS) is 49.0. The second kappa shape index (κ2) is 7.88. The minimum atomic E-state index is -0.394. The summed E-state index contributed by atoms with van der Waals surface area (Å²) in [7, 11) is 1.42. The van der Waals surface area contributed by atoms with E-state index in [1.165, 1.54) is 7.11 Å². The zero-order valence-corrected chi connectivity index (χ0v) is 19.1. The summed E-state index contributed by atoms with van der Waals surface area (Å²) in [6.45, 7) is 6.67. The molecule has 0 aromatic carbocycles. The van der Waals surface area contributed by atoms with Gasteiger partial charge in [0.1, 0.15) is 5.78 Å². The third-order valence-electron chi connectivity index (χ3n) is 10.3. The van der Waals surface area contributed by atoms with Crippen molar-refractivity contribution in [3.63, 3.8) is 0 Å². The van der Waals surface area contributed by atoms with E-state index in [1.54, 1.807) is 0 Å².